The van der Waals surface area contributed by atoms with Crippen molar-refractivity contribution in [3.8, 4) is 5.69 Å². The third kappa shape index (κ3) is 6.35. The molecule has 2 heterocycles. The Morgan fingerprint density at radius 1 is 1.13 bits per heavy atom. The molecule has 38 heavy (non-hydrogen) atoms. The lowest BCUT2D eigenvalue weighted by molar-refractivity contribution is -0.141. The first-order valence-corrected chi connectivity index (χ1v) is 12.7. The summed E-state index contributed by atoms with van der Waals surface area (Å²) in [5.74, 6) is 0.264. The van der Waals surface area contributed by atoms with Crippen LogP contribution in [-0.2, 0) is 11.0 Å². The molecular formula is C25H28ClF3N6O3. The summed E-state index contributed by atoms with van der Waals surface area (Å²) in [5.41, 5.74) is -1.75. The lowest BCUT2D eigenvalue weighted by atomic mass is 9.81. The lowest BCUT2D eigenvalue weighted by Crippen LogP contribution is -2.38. The number of nitrogens with zero attached hydrogens (tertiary/aromatic N) is 4. The number of hydrogen-bond donors (Lipinski definition) is 2. The fraction of sp³-hybridized carbons (Fsp3) is 0.480. The van der Waals surface area contributed by atoms with E-state index in [1.807, 2.05) is 13.8 Å². The molecule has 0 atom stereocenters. The summed E-state index contributed by atoms with van der Waals surface area (Å²) in [6.45, 7) is 3.98. The minimum absolute atomic E-state index is 0.0463. The number of alkyl halides is 3. The van der Waals surface area contributed by atoms with Crippen LogP contribution in [-0.4, -0.2) is 44.8 Å². The zero-order chi connectivity index (χ0) is 27.4. The van der Waals surface area contributed by atoms with Crippen molar-refractivity contribution < 1.29 is 27.3 Å². The third-order valence-electron chi connectivity index (χ3n) is 6.45. The van der Waals surface area contributed by atoms with Crippen molar-refractivity contribution in [1.29, 1.82) is 0 Å². The molecule has 1 aliphatic rings. The minimum Gasteiger partial charge on any atom is -0.354 e. The summed E-state index contributed by atoms with van der Waals surface area (Å²) < 4.78 is 46.9. The smallest absolute Gasteiger partial charge is 0.354 e. The number of nitrogens with one attached hydrogen (secondary N) is 2. The number of carbonyl (C=O) groups is 2. The Hall–Kier alpha value is -3.41. The molecule has 0 unspecified atom stereocenters. The van der Waals surface area contributed by atoms with Crippen molar-refractivity contribution in [2.75, 3.05) is 13.1 Å². The third-order valence-corrected chi connectivity index (χ3v) is 6.77. The van der Waals surface area contributed by atoms with Crippen molar-refractivity contribution in [3.05, 3.63) is 58.5 Å². The zero-order valence-electron chi connectivity index (χ0n) is 20.9. The van der Waals surface area contributed by atoms with E-state index in [2.05, 4.69) is 25.9 Å². The Balaban J connectivity index is 1.27. The second-order valence-electron chi connectivity index (χ2n) is 9.53. The molecule has 2 amide bonds. The molecule has 1 fully saturated rings. The molecule has 2 N–H and O–H groups in total. The quantitative estimate of drug-likeness (QED) is 0.385. The van der Waals surface area contributed by atoms with Crippen LogP contribution in [0.25, 0.3) is 5.69 Å². The van der Waals surface area contributed by atoms with E-state index < -0.39 is 23.3 Å². The highest BCUT2D eigenvalue weighted by Gasteiger charge is 2.39. The lowest BCUT2D eigenvalue weighted by Gasteiger charge is -2.25. The van der Waals surface area contributed by atoms with E-state index in [1.54, 1.807) is 12.1 Å². The van der Waals surface area contributed by atoms with Gasteiger partial charge in [-0.1, -0.05) is 42.7 Å². The highest BCUT2D eigenvalue weighted by molar-refractivity contribution is 6.32. The van der Waals surface area contributed by atoms with Gasteiger partial charge in [0.25, 0.3) is 5.91 Å². The highest BCUT2D eigenvalue weighted by Crippen LogP contribution is 2.35. The van der Waals surface area contributed by atoms with Gasteiger partial charge in [0.15, 0.2) is 11.5 Å². The van der Waals surface area contributed by atoms with E-state index in [1.165, 1.54) is 12.1 Å². The molecule has 0 bridgehead atoms. The fourth-order valence-electron chi connectivity index (χ4n) is 4.37. The maximum absolute atomic E-state index is 13.6. The Morgan fingerprint density at radius 2 is 1.82 bits per heavy atom. The summed E-state index contributed by atoms with van der Waals surface area (Å²) in [5, 5.41) is 13.0. The molecule has 0 spiro atoms. The fourth-order valence-corrected chi connectivity index (χ4v) is 4.60. The van der Waals surface area contributed by atoms with Crippen molar-refractivity contribution in [3.63, 3.8) is 0 Å². The van der Waals surface area contributed by atoms with Gasteiger partial charge in [0, 0.05) is 37.0 Å². The Morgan fingerprint density at radius 3 is 2.45 bits per heavy atom. The van der Waals surface area contributed by atoms with E-state index in [-0.39, 0.29) is 47.5 Å². The molecule has 1 aromatic carbocycles. The van der Waals surface area contributed by atoms with Crippen LogP contribution in [0, 0.1) is 5.92 Å². The molecule has 9 nitrogen and oxygen atoms in total. The maximum atomic E-state index is 13.6. The van der Waals surface area contributed by atoms with Crippen molar-refractivity contribution in [2.24, 2.45) is 5.92 Å². The van der Waals surface area contributed by atoms with Gasteiger partial charge in [0.05, 0.1) is 16.3 Å². The van der Waals surface area contributed by atoms with Gasteiger partial charge in [-0.3, -0.25) is 9.59 Å². The summed E-state index contributed by atoms with van der Waals surface area (Å²) in [4.78, 5) is 29.6. The number of hydrogen-bond acceptors (Lipinski definition) is 6. The second kappa shape index (κ2) is 11.5. The van der Waals surface area contributed by atoms with Crippen LogP contribution < -0.4 is 10.6 Å². The summed E-state index contributed by atoms with van der Waals surface area (Å²) >= 11 is 6.07. The monoisotopic (exact) mass is 552 g/mol. The van der Waals surface area contributed by atoms with Gasteiger partial charge in [-0.15, -0.1) is 0 Å². The highest BCUT2D eigenvalue weighted by atomic mass is 35.5. The molecule has 4 rings (SSSR count). The van der Waals surface area contributed by atoms with Gasteiger partial charge in [-0.05, 0) is 37.8 Å². The molecule has 204 valence electrons. The molecule has 13 heteroatoms. The number of para-hydroxylation sites is 1. The van der Waals surface area contributed by atoms with Gasteiger partial charge >= 0.3 is 6.18 Å². The molecule has 3 aromatic rings. The van der Waals surface area contributed by atoms with E-state index in [0.717, 1.165) is 23.7 Å². The van der Waals surface area contributed by atoms with Crippen LogP contribution in [0.2, 0.25) is 5.02 Å². The summed E-state index contributed by atoms with van der Waals surface area (Å²) in [6.07, 6.45) is -1.04. The van der Waals surface area contributed by atoms with Crippen molar-refractivity contribution in [1.82, 2.24) is 30.6 Å². The average molecular weight is 553 g/mol. The van der Waals surface area contributed by atoms with Gasteiger partial charge < -0.3 is 15.2 Å². The van der Waals surface area contributed by atoms with Crippen LogP contribution in [0.1, 0.15) is 79.1 Å². The minimum atomic E-state index is -4.84. The number of benzene rings is 1. The first kappa shape index (κ1) is 27.6. The Bertz CT molecular complexity index is 1280. The van der Waals surface area contributed by atoms with Crippen LogP contribution in [0.15, 0.2) is 35.0 Å². The average Bonchev–Trinajstić information content (AvgIpc) is 3.55. The van der Waals surface area contributed by atoms with Gasteiger partial charge in [-0.2, -0.15) is 23.3 Å². The Kier molecular flexibility index (Phi) is 8.39. The molecule has 1 saturated carbocycles. The van der Waals surface area contributed by atoms with Gasteiger partial charge in [0.1, 0.15) is 0 Å². The molecule has 0 saturated heterocycles. The van der Waals surface area contributed by atoms with Crippen LogP contribution in [0.5, 0.6) is 0 Å². The van der Waals surface area contributed by atoms with E-state index in [9.17, 15) is 22.8 Å². The van der Waals surface area contributed by atoms with E-state index >= 15 is 0 Å². The molecular weight excluding hydrogens is 525 g/mol. The summed E-state index contributed by atoms with van der Waals surface area (Å²) in [6, 6.07) is 6.22. The topological polar surface area (TPSA) is 115 Å². The Labute approximate surface area is 222 Å². The van der Waals surface area contributed by atoms with Crippen LogP contribution >= 0.6 is 11.6 Å². The molecule has 1 aliphatic carbocycles. The number of rotatable bonds is 8. The normalized spacial score (nSPS) is 18.0. The van der Waals surface area contributed by atoms with Gasteiger partial charge in [-0.25, -0.2) is 4.68 Å². The maximum Gasteiger partial charge on any atom is 0.435 e. The SMILES string of the molecule is CC(C)c1nc([C@H]2CC[C@H](C(=O)NCCNC(=O)c3cn(-c4ccccc4Cl)nc3C(F)(F)F)CC2)no1. The molecule has 0 aliphatic heterocycles. The molecule has 0 radical (unpaired) electrons. The molecule has 2 aromatic heterocycles. The van der Waals surface area contributed by atoms with Crippen molar-refractivity contribution >= 4 is 23.4 Å². The first-order valence-electron chi connectivity index (χ1n) is 12.4. The van der Waals surface area contributed by atoms with E-state index in [4.69, 9.17) is 16.1 Å². The standard InChI is InChI=1S/C25H28ClF3N6O3/c1-14(2)24-32-21(34-38-24)15-7-9-16(10-8-15)22(36)30-11-12-31-23(37)17-13-35(33-20(17)25(27,28)29)19-6-4-3-5-18(19)26/h3-6,13-16H,7-12H2,1-2H3,(H,30,36)(H,31,37)/t15-,16-. The largest absolute Gasteiger partial charge is 0.435 e. The van der Waals surface area contributed by atoms with E-state index in [0.29, 0.717) is 24.6 Å². The predicted molar refractivity (Wildman–Crippen MR) is 132 cm³/mol. The van der Waals surface area contributed by atoms with Gasteiger partial charge in [0.2, 0.25) is 11.8 Å². The van der Waals surface area contributed by atoms with Crippen LogP contribution in [0.4, 0.5) is 13.2 Å². The predicted octanol–water partition coefficient (Wildman–Crippen LogP) is 4.87. The first-order chi connectivity index (χ1) is 18.0. The number of carbonyl (C=O) groups excluding carboxylic acids is 2. The van der Waals surface area contributed by atoms with Crippen LogP contribution in [0.3, 0.4) is 0 Å². The summed E-state index contributed by atoms with van der Waals surface area (Å²) in [7, 11) is 0. The number of halogens is 4. The zero-order valence-corrected chi connectivity index (χ0v) is 21.6. The number of amides is 2. The second-order valence-corrected chi connectivity index (χ2v) is 9.93. The van der Waals surface area contributed by atoms with Crippen molar-refractivity contribution in [2.45, 2.75) is 57.5 Å². The number of aromatic nitrogens is 4.